The van der Waals surface area contributed by atoms with E-state index in [1.54, 1.807) is 42.5 Å². The van der Waals surface area contributed by atoms with Crippen LogP contribution in [0, 0.1) is 0 Å². The van der Waals surface area contributed by atoms with Crippen LogP contribution >= 0.6 is 0 Å². The standard InChI is InChI=1S/C21H25N3O5/c1-24(2)12-13-29-18-7-5-4-6-17(18)21(27)23-16-10-8-15(9-11-16)20(26)22-14-19(25)28-3/h4-11H,12-14H2,1-3H3,(H,22,26)(H,23,27). The Hall–Kier alpha value is -3.39. The molecule has 8 nitrogen and oxygen atoms in total. The third-order valence-corrected chi connectivity index (χ3v) is 3.95. The molecule has 0 saturated heterocycles. The molecule has 2 N–H and O–H groups in total. The van der Waals surface area contributed by atoms with E-state index < -0.39 is 11.9 Å². The summed E-state index contributed by atoms with van der Waals surface area (Å²) >= 11 is 0. The summed E-state index contributed by atoms with van der Waals surface area (Å²) < 4.78 is 10.2. The number of rotatable bonds is 9. The van der Waals surface area contributed by atoms with Crippen molar-refractivity contribution in [3.8, 4) is 5.75 Å². The number of amides is 2. The van der Waals surface area contributed by atoms with Gasteiger partial charge < -0.3 is 25.0 Å². The monoisotopic (exact) mass is 399 g/mol. The van der Waals surface area contributed by atoms with Crippen molar-refractivity contribution in [1.29, 1.82) is 0 Å². The highest BCUT2D eigenvalue weighted by atomic mass is 16.5. The summed E-state index contributed by atoms with van der Waals surface area (Å²) in [5, 5.41) is 5.24. The van der Waals surface area contributed by atoms with Crippen molar-refractivity contribution in [3.63, 3.8) is 0 Å². The van der Waals surface area contributed by atoms with Gasteiger partial charge in [0.15, 0.2) is 0 Å². The van der Waals surface area contributed by atoms with Crippen LogP contribution in [0.2, 0.25) is 0 Å². The topological polar surface area (TPSA) is 97.0 Å². The normalized spacial score (nSPS) is 10.3. The first-order valence-electron chi connectivity index (χ1n) is 9.03. The molecule has 2 aromatic carbocycles. The molecule has 0 atom stereocenters. The zero-order valence-corrected chi connectivity index (χ0v) is 16.7. The number of hydrogen-bond acceptors (Lipinski definition) is 6. The molecule has 0 radical (unpaired) electrons. The zero-order chi connectivity index (χ0) is 21.2. The number of carbonyl (C=O) groups excluding carboxylic acids is 3. The second-order valence-corrected chi connectivity index (χ2v) is 6.44. The number of benzene rings is 2. The lowest BCUT2D eigenvalue weighted by Crippen LogP contribution is -2.30. The largest absolute Gasteiger partial charge is 0.491 e. The Bertz CT molecular complexity index is 850. The maximum Gasteiger partial charge on any atom is 0.325 e. The minimum atomic E-state index is -0.534. The molecule has 0 aliphatic carbocycles. The van der Waals surface area contributed by atoms with Gasteiger partial charge in [0.2, 0.25) is 0 Å². The van der Waals surface area contributed by atoms with E-state index in [4.69, 9.17) is 4.74 Å². The fourth-order valence-corrected chi connectivity index (χ4v) is 2.35. The lowest BCUT2D eigenvalue weighted by atomic mass is 10.1. The van der Waals surface area contributed by atoms with Crippen molar-refractivity contribution in [2.45, 2.75) is 0 Å². The molecular formula is C21H25N3O5. The Morgan fingerprint density at radius 3 is 2.31 bits per heavy atom. The molecular weight excluding hydrogens is 374 g/mol. The van der Waals surface area contributed by atoms with Crippen LogP contribution in [0.5, 0.6) is 5.75 Å². The molecule has 0 fully saturated rings. The quantitative estimate of drug-likeness (QED) is 0.624. The molecule has 0 heterocycles. The van der Waals surface area contributed by atoms with Crippen molar-refractivity contribution in [3.05, 3.63) is 59.7 Å². The first kappa shape index (κ1) is 21.9. The number of likely N-dealkylation sites (N-methyl/N-ethyl adjacent to an activating group) is 1. The fraction of sp³-hybridized carbons (Fsp3) is 0.286. The number of esters is 1. The third kappa shape index (κ3) is 6.93. The summed E-state index contributed by atoms with van der Waals surface area (Å²) in [6, 6.07) is 13.4. The predicted molar refractivity (Wildman–Crippen MR) is 109 cm³/mol. The molecule has 29 heavy (non-hydrogen) atoms. The number of anilines is 1. The van der Waals surface area contributed by atoms with Gasteiger partial charge in [-0.1, -0.05) is 12.1 Å². The molecule has 2 aromatic rings. The second kappa shape index (κ2) is 10.8. The fourth-order valence-electron chi connectivity index (χ4n) is 2.35. The van der Waals surface area contributed by atoms with Crippen molar-refractivity contribution in [2.75, 3.05) is 46.2 Å². The van der Waals surface area contributed by atoms with Crippen LogP contribution in [0.15, 0.2) is 48.5 Å². The van der Waals surface area contributed by atoms with Gasteiger partial charge in [-0.15, -0.1) is 0 Å². The van der Waals surface area contributed by atoms with E-state index in [2.05, 4.69) is 15.4 Å². The molecule has 2 rings (SSSR count). The van der Waals surface area contributed by atoms with Crippen molar-refractivity contribution >= 4 is 23.5 Å². The molecule has 8 heteroatoms. The van der Waals surface area contributed by atoms with E-state index >= 15 is 0 Å². The summed E-state index contributed by atoms with van der Waals surface area (Å²) in [7, 11) is 5.14. The van der Waals surface area contributed by atoms with Gasteiger partial charge in [-0.05, 0) is 50.5 Å². The number of ether oxygens (including phenoxy) is 2. The lowest BCUT2D eigenvalue weighted by molar-refractivity contribution is -0.139. The Morgan fingerprint density at radius 1 is 0.966 bits per heavy atom. The van der Waals surface area contributed by atoms with Gasteiger partial charge in [0, 0.05) is 17.8 Å². The summed E-state index contributed by atoms with van der Waals surface area (Å²) in [5.41, 5.74) is 1.31. The van der Waals surface area contributed by atoms with Gasteiger partial charge in [-0.2, -0.15) is 0 Å². The van der Waals surface area contributed by atoms with Crippen LogP contribution < -0.4 is 15.4 Å². The van der Waals surface area contributed by atoms with Crippen molar-refractivity contribution in [1.82, 2.24) is 10.2 Å². The number of para-hydroxylation sites is 1. The van der Waals surface area contributed by atoms with Gasteiger partial charge in [0.05, 0.1) is 12.7 Å². The van der Waals surface area contributed by atoms with Gasteiger partial charge in [-0.3, -0.25) is 14.4 Å². The van der Waals surface area contributed by atoms with Gasteiger partial charge >= 0.3 is 5.97 Å². The molecule has 0 spiro atoms. The second-order valence-electron chi connectivity index (χ2n) is 6.44. The molecule has 0 aliphatic heterocycles. The number of nitrogens with one attached hydrogen (secondary N) is 2. The Morgan fingerprint density at radius 2 is 1.66 bits per heavy atom. The maximum atomic E-state index is 12.6. The van der Waals surface area contributed by atoms with E-state index in [0.29, 0.717) is 29.2 Å². The number of carbonyl (C=O) groups is 3. The van der Waals surface area contributed by atoms with Crippen LogP contribution in [0.25, 0.3) is 0 Å². The molecule has 0 aliphatic rings. The predicted octanol–water partition coefficient (Wildman–Crippen LogP) is 1.78. The Balaban J connectivity index is 1.99. The molecule has 2 amide bonds. The molecule has 0 aromatic heterocycles. The highest BCUT2D eigenvalue weighted by Gasteiger charge is 2.13. The Labute approximate surface area is 169 Å². The van der Waals surface area contributed by atoms with Gasteiger partial charge in [0.25, 0.3) is 11.8 Å². The van der Waals surface area contributed by atoms with Gasteiger partial charge in [-0.25, -0.2) is 0 Å². The van der Waals surface area contributed by atoms with Crippen LogP contribution in [-0.4, -0.2) is 63.6 Å². The van der Waals surface area contributed by atoms with Gasteiger partial charge in [0.1, 0.15) is 18.9 Å². The van der Waals surface area contributed by atoms with E-state index in [1.807, 2.05) is 25.1 Å². The first-order chi connectivity index (χ1) is 13.9. The molecule has 0 unspecified atom stereocenters. The van der Waals surface area contributed by atoms with E-state index in [9.17, 15) is 14.4 Å². The zero-order valence-electron chi connectivity index (χ0n) is 16.7. The van der Waals surface area contributed by atoms with E-state index in [-0.39, 0.29) is 12.5 Å². The maximum absolute atomic E-state index is 12.6. The number of nitrogens with zero attached hydrogens (tertiary/aromatic N) is 1. The minimum absolute atomic E-state index is 0.210. The average molecular weight is 399 g/mol. The first-order valence-corrected chi connectivity index (χ1v) is 9.03. The third-order valence-electron chi connectivity index (χ3n) is 3.95. The SMILES string of the molecule is COC(=O)CNC(=O)c1ccc(NC(=O)c2ccccc2OCCN(C)C)cc1. The minimum Gasteiger partial charge on any atom is -0.491 e. The van der Waals surface area contributed by atoms with Crippen LogP contribution in [0.3, 0.4) is 0 Å². The van der Waals surface area contributed by atoms with Crippen molar-refractivity contribution in [2.24, 2.45) is 0 Å². The Kier molecular flexibility index (Phi) is 8.17. The number of methoxy groups -OCH3 is 1. The van der Waals surface area contributed by atoms with Crippen LogP contribution in [-0.2, 0) is 9.53 Å². The summed E-state index contributed by atoms with van der Waals surface area (Å²) in [6.07, 6.45) is 0. The summed E-state index contributed by atoms with van der Waals surface area (Å²) in [5.74, 6) is -0.749. The number of hydrogen-bond donors (Lipinski definition) is 2. The van der Waals surface area contributed by atoms with E-state index in [1.165, 1.54) is 7.11 Å². The van der Waals surface area contributed by atoms with E-state index in [0.717, 1.165) is 6.54 Å². The summed E-state index contributed by atoms with van der Waals surface area (Å²) in [4.78, 5) is 37.7. The van der Waals surface area contributed by atoms with Crippen LogP contribution in [0.4, 0.5) is 5.69 Å². The summed E-state index contributed by atoms with van der Waals surface area (Å²) in [6.45, 7) is 0.987. The van der Waals surface area contributed by atoms with Crippen molar-refractivity contribution < 1.29 is 23.9 Å². The molecule has 154 valence electrons. The molecule has 0 bridgehead atoms. The smallest absolute Gasteiger partial charge is 0.325 e. The average Bonchev–Trinajstić information content (AvgIpc) is 2.72. The lowest BCUT2D eigenvalue weighted by Gasteiger charge is -2.14. The highest BCUT2D eigenvalue weighted by molar-refractivity contribution is 6.06. The highest BCUT2D eigenvalue weighted by Crippen LogP contribution is 2.20. The molecule has 0 saturated carbocycles. The van der Waals surface area contributed by atoms with Crippen LogP contribution in [0.1, 0.15) is 20.7 Å².